The first kappa shape index (κ1) is 24.6. The largest absolute Gasteiger partial charge is 0.416 e. The molecule has 0 radical (unpaired) electrons. The third-order valence-corrected chi connectivity index (χ3v) is 6.84. The lowest BCUT2D eigenvalue weighted by atomic mass is 10.1. The molecule has 6 nitrogen and oxygen atoms in total. The Labute approximate surface area is 213 Å². The maximum Gasteiger partial charge on any atom is 0.416 e. The van der Waals surface area contributed by atoms with Crippen molar-refractivity contribution in [2.24, 2.45) is 0 Å². The maximum atomic E-state index is 13.7. The van der Waals surface area contributed by atoms with Gasteiger partial charge in [-0.15, -0.1) is 0 Å². The van der Waals surface area contributed by atoms with Crippen LogP contribution in [0.3, 0.4) is 0 Å². The zero-order valence-electron chi connectivity index (χ0n) is 19.8. The van der Waals surface area contributed by atoms with Crippen LogP contribution < -0.4 is 10.9 Å². The molecule has 2 N–H and O–H groups in total. The molecule has 2 aromatic heterocycles. The van der Waals surface area contributed by atoms with Crippen LogP contribution in [-0.4, -0.2) is 26.2 Å². The second-order valence-electron chi connectivity index (χ2n) is 8.63. The highest BCUT2D eigenvalue weighted by atomic mass is 32.2. The third kappa shape index (κ3) is 4.84. The molecule has 0 bridgehead atoms. The molecular formula is C27H21F3N4O2S. The van der Waals surface area contributed by atoms with E-state index in [2.05, 4.69) is 10.3 Å². The van der Waals surface area contributed by atoms with Crippen molar-refractivity contribution in [3.63, 3.8) is 0 Å². The topological polar surface area (TPSA) is 79.8 Å². The summed E-state index contributed by atoms with van der Waals surface area (Å²) in [6.07, 6.45) is -4.52. The highest BCUT2D eigenvalue weighted by molar-refractivity contribution is 7.99. The fourth-order valence-corrected chi connectivity index (χ4v) is 4.91. The van der Waals surface area contributed by atoms with Crippen LogP contribution in [0.15, 0.2) is 76.7 Å². The van der Waals surface area contributed by atoms with Gasteiger partial charge >= 0.3 is 6.18 Å². The number of anilines is 1. The number of aromatic amines is 1. The molecule has 0 aliphatic carbocycles. The molecule has 0 unspecified atom stereocenters. The maximum absolute atomic E-state index is 13.7. The Morgan fingerprint density at radius 3 is 2.62 bits per heavy atom. The van der Waals surface area contributed by atoms with Gasteiger partial charge in [-0.25, -0.2) is 4.98 Å². The van der Waals surface area contributed by atoms with Crippen molar-refractivity contribution in [2.45, 2.75) is 25.2 Å². The number of rotatable bonds is 5. The van der Waals surface area contributed by atoms with E-state index in [4.69, 9.17) is 4.98 Å². The number of amides is 1. The number of hydrogen-bond acceptors (Lipinski definition) is 4. The van der Waals surface area contributed by atoms with Crippen LogP contribution >= 0.6 is 11.8 Å². The summed E-state index contributed by atoms with van der Waals surface area (Å²) in [5.41, 5.74) is 2.90. The van der Waals surface area contributed by atoms with Crippen LogP contribution in [0.25, 0.3) is 27.6 Å². The van der Waals surface area contributed by atoms with Gasteiger partial charge < -0.3 is 10.3 Å². The van der Waals surface area contributed by atoms with Gasteiger partial charge in [-0.1, -0.05) is 48.2 Å². The van der Waals surface area contributed by atoms with Crippen molar-refractivity contribution in [3.05, 3.63) is 93.8 Å². The quantitative estimate of drug-likeness (QED) is 0.212. The van der Waals surface area contributed by atoms with Gasteiger partial charge in [0, 0.05) is 16.6 Å². The second kappa shape index (κ2) is 9.44. The van der Waals surface area contributed by atoms with Gasteiger partial charge in [0.2, 0.25) is 5.91 Å². The first-order valence-corrected chi connectivity index (χ1v) is 12.3. The fourth-order valence-electron chi connectivity index (χ4n) is 4.11. The number of aryl methyl sites for hydroxylation is 2. The molecule has 5 aromatic rings. The Morgan fingerprint density at radius 1 is 1.05 bits per heavy atom. The molecule has 0 atom stereocenters. The normalized spacial score (nSPS) is 11.8. The van der Waals surface area contributed by atoms with E-state index in [-0.39, 0.29) is 17.0 Å². The first-order valence-electron chi connectivity index (χ1n) is 11.3. The van der Waals surface area contributed by atoms with Crippen LogP contribution in [0.1, 0.15) is 16.7 Å². The van der Waals surface area contributed by atoms with Gasteiger partial charge in [0.25, 0.3) is 5.56 Å². The average Bonchev–Trinajstić information content (AvgIpc) is 3.23. The minimum absolute atomic E-state index is 0.0346. The molecule has 1 amide bonds. The van der Waals surface area contributed by atoms with Crippen molar-refractivity contribution in [1.29, 1.82) is 0 Å². The number of thioether (sulfide) groups is 1. The molecule has 0 spiro atoms. The van der Waals surface area contributed by atoms with E-state index in [1.807, 2.05) is 56.3 Å². The number of H-pyrrole nitrogens is 1. The summed E-state index contributed by atoms with van der Waals surface area (Å²) >= 11 is 1.04. The summed E-state index contributed by atoms with van der Waals surface area (Å²) in [6, 6.07) is 17.6. The number of nitrogens with zero attached hydrogens (tertiary/aromatic N) is 2. The number of benzene rings is 3. The number of halogens is 3. The monoisotopic (exact) mass is 522 g/mol. The number of hydrogen-bond donors (Lipinski definition) is 2. The van der Waals surface area contributed by atoms with E-state index in [0.29, 0.717) is 21.9 Å². The van der Waals surface area contributed by atoms with Gasteiger partial charge in [0.05, 0.1) is 17.0 Å². The van der Waals surface area contributed by atoms with E-state index in [1.165, 1.54) is 16.7 Å². The zero-order chi connectivity index (χ0) is 26.3. The van der Waals surface area contributed by atoms with Crippen molar-refractivity contribution in [1.82, 2.24) is 14.5 Å². The molecule has 0 aliphatic rings. The van der Waals surface area contributed by atoms with Crippen molar-refractivity contribution < 1.29 is 18.0 Å². The van der Waals surface area contributed by atoms with Gasteiger partial charge in [-0.05, 0) is 55.3 Å². The molecule has 0 fully saturated rings. The van der Waals surface area contributed by atoms with Crippen LogP contribution in [0.4, 0.5) is 18.9 Å². The van der Waals surface area contributed by atoms with Crippen LogP contribution in [-0.2, 0) is 11.0 Å². The number of aromatic nitrogens is 3. The summed E-state index contributed by atoms with van der Waals surface area (Å²) in [5.74, 6) is -0.688. The highest BCUT2D eigenvalue weighted by Crippen LogP contribution is 2.31. The first-order chi connectivity index (χ1) is 17.6. The molecule has 37 heavy (non-hydrogen) atoms. The third-order valence-electron chi connectivity index (χ3n) is 5.91. The predicted octanol–water partition coefficient (Wildman–Crippen LogP) is 6.23. The summed E-state index contributed by atoms with van der Waals surface area (Å²) < 4.78 is 40.6. The molecule has 3 aromatic carbocycles. The lowest BCUT2D eigenvalue weighted by Crippen LogP contribution is -2.23. The number of para-hydroxylation sites is 1. The van der Waals surface area contributed by atoms with E-state index >= 15 is 0 Å². The van der Waals surface area contributed by atoms with Crippen molar-refractivity contribution >= 4 is 45.3 Å². The smallest absolute Gasteiger partial charge is 0.349 e. The average molecular weight is 523 g/mol. The SMILES string of the molecule is Cc1ccc(C)c(-n2c(SCC(=O)Nc3cccc(C(F)(F)F)c3)nc3c([nH]c4ccccc43)c2=O)c1. The number of carbonyl (C=O) groups excluding carboxylic acids is 1. The standard InChI is InChI=1S/C27H21F3N4O2S/c1-15-10-11-16(2)21(12-15)34-25(36)24-23(19-8-3-4-9-20(19)32-24)33-26(34)37-14-22(35)31-18-7-5-6-17(13-18)27(28,29)30/h3-13,32H,14H2,1-2H3,(H,31,35). The Morgan fingerprint density at radius 2 is 1.84 bits per heavy atom. The molecule has 0 aliphatic heterocycles. The van der Waals surface area contributed by atoms with E-state index in [1.54, 1.807) is 0 Å². The summed E-state index contributed by atoms with van der Waals surface area (Å²) in [5, 5.41) is 3.58. The summed E-state index contributed by atoms with van der Waals surface area (Å²) in [4.78, 5) is 34.3. The van der Waals surface area contributed by atoms with E-state index < -0.39 is 17.6 Å². The van der Waals surface area contributed by atoms with Gasteiger partial charge in [-0.2, -0.15) is 13.2 Å². The Balaban J connectivity index is 1.54. The lowest BCUT2D eigenvalue weighted by molar-refractivity contribution is -0.137. The van der Waals surface area contributed by atoms with E-state index in [9.17, 15) is 22.8 Å². The molecule has 10 heteroatoms. The van der Waals surface area contributed by atoms with Crippen LogP contribution in [0.2, 0.25) is 0 Å². The molecule has 5 rings (SSSR count). The molecule has 0 saturated heterocycles. The Kier molecular flexibility index (Phi) is 6.28. The molecule has 2 heterocycles. The second-order valence-corrected chi connectivity index (χ2v) is 9.58. The molecule has 188 valence electrons. The Hall–Kier alpha value is -4.05. The molecular weight excluding hydrogens is 501 g/mol. The Bertz CT molecular complexity index is 1720. The van der Waals surface area contributed by atoms with E-state index in [0.717, 1.165) is 45.9 Å². The zero-order valence-corrected chi connectivity index (χ0v) is 20.6. The number of alkyl halides is 3. The minimum Gasteiger partial charge on any atom is -0.349 e. The molecule has 0 saturated carbocycles. The lowest BCUT2D eigenvalue weighted by Gasteiger charge is -2.15. The number of fused-ring (bicyclic) bond motifs is 3. The van der Waals surface area contributed by atoms with Crippen molar-refractivity contribution in [3.8, 4) is 5.69 Å². The van der Waals surface area contributed by atoms with Crippen molar-refractivity contribution in [2.75, 3.05) is 11.1 Å². The predicted molar refractivity (Wildman–Crippen MR) is 139 cm³/mol. The van der Waals surface area contributed by atoms with Crippen LogP contribution in [0, 0.1) is 13.8 Å². The van der Waals surface area contributed by atoms with Gasteiger partial charge in [-0.3, -0.25) is 14.2 Å². The summed E-state index contributed by atoms with van der Waals surface area (Å²) in [7, 11) is 0. The van der Waals surface area contributed by atoms with Gasteiger partial charge in [0.1, 0.15) is 11.0 Å². The summed E-state index contributed by atoms with van der Waals surface area (Å²) in [6.45, 7) is 3.80. The number of carbonyl (C=O) groups is 1. The van der Waals surface area contributed by atoms with Crippen LogP contribution in [0.5, 0.6) is 0 Å². The fraction of sp³-hybridized carbons (Fsp3) is 0.148. The van der Waals surface area contributed by atoms with Gasteiger partial charge in [0.15, 0.2) is 5.16 Å². The minimum atomic E-state index is -4.52. The number of nitrogens with one attached hydrogen (secondary N) is 2. The highest BCUT2D eigenvalue weighted by Gasteiger charge is 2.30.